The van der Waals surface area contributed by atoms with Crippen LogP contribution < -0.4 is 24.6 Å². The fraction of sp³-hybridized carbons (Fsp3) is 0.0667. The van der Waals surface area contributed by atoms with Crippen molar-refractivity contribution < 1.29 is 13.4 Å². The van der Waals surface area contributed by atoms with Gasteiger partial charge in [0.1, 0.15) is 25.4 Å². The maximum Gasteiger partial charge on any atom is 0.244 e. The molecule has 0 fully saturated rings. The standard InChI is InChI=1S/C45H35N5OSi/c1-47-30-48(39-18-7-6-17-38(39)47)31-13-12-14-33(27-31)51-34-23-24-36-35-15-4-5-16-37(35)50(42(36)29-34)45-28-32(25-26-46-45)49-40-19-8-10-21-43(40)52(2,3)44-22-11-9-20-41(44)49/h4-29H,1-3H3/i1D3. The Morgan fingerprint density at radius 1 is 0.635 bits per heavy atom. The number of aryl methyl sites for hydroxylation is 1. The number of aromatic nitrogens is 4. The van der Waals surface area contributed by atoms with Gasteiger partial charge in [0.15, 0.2) is 0 Å². The molecule has 4 heterocycles. The number of pyridine rings is 1. The molecule has 3 aromatic heterocycles. The fourth-order valence-corrected chi connectivity index (χ4v) is 10.9. The van der Waals surface area contributed by atoms with E-state index in [9.17, 15) is 0 Å². The second-order valence-electron chi connectivity index (χ2n) is 13.8. The first-order chi connectivity index (χ1) is 26.7. The molecule has 0 atom stereocenters. The van der Waals surface area contributed by atoms with Crippen LogP contribution in [0.1, 0.15) is 4.11 Å². The number of benzene rings is 6. The van der Waals surface area contributed by atoms with Crippen LogP contribution in [0.15, 0.2) is 158 Å². The van der Waals surface area contributed by atoms with E-state index in [-0.39, 0.29) is 0 Å². The SMILES string of the molecule is [2H]C([2H])([2H])[n+]1[c-]n(-c2cccc(Oc3ccc4c5ccccc5n(-c5cc(N6c7ccccc7[Si](C)(C)c7ccccc76)ccn5)c4c3)c2)c2ccccc21. The zero-order chi connectivity index (χ0) is 37.5. The smallest absolute Gasteiger partial charge is 0.244 e. The first-order valence-corrected chi connectivity index (χ1v) is 20.4. The first-order valence-electron chi connectivity index (χ1n) is 18.9. The minimum Gasteiger partial charge on any atom is -0.458 e. The van der Waals surface area contributed by atoms with Crippen molar-refractivity contribution in [3.63, 3.8) is 0 Å². The molecule has 0 saturated heterocycles. The summed E-state index contributed by atoms with van der Waals surface area (Å²) in [5.41, 5.74) is 7.53. The molecule has 6 aromatic carbocycles. The van der Waals surface area contributed by atoms with Crippen LogP contribution in [0.4, 0.5) is 17.1 Å². The van der Waals surface area contributed by atoms with Crippen molar-refractivity contribution in [2.24, 2.45) is 6.98 Å². The van der Waals surface area contributed by atoms with Gasteiger partial charge in [-0.15, -0.1) is 0 Å². The van der Waals surface area contributed by atoms with Crippen LogP contribution in [0.5, 0.6) is 11.5 Å². The lowest BCUT2D eigenvalue weighted by molar-refractivity contribution is -0.649. The molecule has 1 aliphatic rings. The summed E-state index contributed by atoms with van der Waals surface area (Å²) in [6.45, 7) is 2.50. The second-order valence-corrected chi connectivity index (χ2v) is 18.1. The van der Waals surface area contributed by atoms with E-state index in [1.807, 2.05) is 54.7 Å². The summed E-state index contributed by atoms with van der Waals surface area (Å²) < 4.78 is 35.9. The number of rotatable bonds is 5. The lowest BCUT2D eigenvalue weighted by Gasteiger charge is -2.41. The second kappa shape index (κ2) is 11.5. The molecule has 250 valence electrons. The Morgan fingerprint density at radius 2 is 1.33 bits per heavy atom. The molecule has 0 spiro atoms. The van der Waals surface area contributed by atoms with Crippen molar-refractivity contribution in [3.8, 4) is 23.0 Å². The molecule has 0 amide bonds. The molecule has 6 nitrogen and oxygen atoms in total. The molecule has 0 bridgehead atoms. The Kier molecular flexibility index (Phi) is 6.06. The lowest BCUT2D eigenvalue weighted by Crippen LogP contribution is -2.58. The van der Waals surface area contributed by atoms with Crippen molar-refractivity contribution in [2.45, 2.75) is 13.1 Å². The fourth-order valence-electron chi connectivity index (χ4n) is 7.95. The van der Waals surface area contributed by atoms with Crippen LogP contribution in [0.3, 0.4) is 0 Å². The van der Waals surface area contributed by atoms with Gasteiger partial charge < -0.3 is 18.8 Å². The molecule has 0 saturated carbocycles. The van der Waals surface area contributed by atoms with Gasteiger partial charge in [-0.3, -0.25) is 4.57 Å². The summed E-state index contributed by atoms with van der Waals surface area (Å²) >= 11 is 0. The topological polar surface area (TPSA) is 39.1 Å². The van der Waals surface area contributed by atoms with Gasteiger partial charge in [-0.05, 0) is 58.9 Å². The molecular formula is C45H35N5OSi. The Balaban J connectivity index is 1.08. The zero-order valence-electron chi connectivity index (χ0n) is 31.7. The molecule has 9 aromatic rings. The summed E-state index contributed by atoms with van der Waals surface area (Å²) in [5, 5.41) is 5.04. The highest BCUT2D eigenvalue weighted by atomic mass is 28.3. The summed E-state index contributed by atoms with van der Waals surface area (Å²) in [6.07, 6.45) is 4.95. The molecule has 0 N–H and O–H groups in total. The third kappa shape index (κ3) is 4.63. The number of fused-ring (bicyclic) bond motifs is 6. The van der Waals surface area contributed by atoms with Gasteiger partial charge in [0.2, 0.25) is 6.33 Å². The first kappa shape index (κ1) is 27.3. The van der Waals surface area contributed by atoms with E-state index >= 15 is 0 Å². The summed E-state index contributed by atoms with van der Waals surface area (Å²) in [7, 11) is -1.93. The quantitative estimate of drug-likeness (QED) is 0.103. The van der Waals surface area contributed by atoms with Crippen LogP contribution in [-0.2, 0) is 6.98 Å². The van der Waals surface area contributed by atoms with E-state index in [1.165, 1.54) is 26.3 Å². The molecule has 10 rings (SSSR count). The Bertz CT molecular complexity index is 2920. The number of ether oxygens (including phenoxy) is 1. The summed E-state index contributed by atoms with van der Waals surface area (Å²) in [5.74, 6) is 2.08. The van der Waals surface area contributed by atoms with Crippen LogP contribution in [0.25, 0.3) is 44.3 Å². The number of para-hydroxylation sites is 5. The normalized spacial score (nSPS) is 14.5. The van der Waals surface area contributed by atoms with Crippen LogP contribution in [0.2, 0.25) is 13.1 Å². The maximum atomic E-state index is 8.06. The zero-order valence-corrected chi connectivity index (χ0v) is 29.7. The average Bonchev–Trinajstić information content (AvgIpc) is 3.75. The summed E-state index contributed by atoms with van der Waals surface area (Å²) in [6, 6.07) is 51.5. The third-order valence-electron chi connectivity index (χ3n) is 10.4. The minimum absolute atomic E-state index is 0.573. The largest absolute Gasteiger partial charge is 0.458 e. The van der Waals surface area contributed by atoms with Gasteiger partial charge in [0.05, 0.1) is 44.5 Å². The molecular weight excluding hydrogens is 655 g/mol. The van der Waals surface area contributed by atoms with Gasteiger partial charge in [-0.25, -0.2) is 4.98 Å². The molecule has 1 aliphatic heterocycles. The number of anilines is 3. The van der Waals surface area contributed by atoms with Crippen molar-refractivity contribution in [1.29, 1.82) is 0 Å². The Hall–Kier alpha value is -6.44. The predicted molar refractivity (Wildman–Crippen MR) is 213 cm³/mol. The summed E-state index contributed by atoms with van der Waals surface area (Å²) in [4.78, 5) is 7.36. The van der Waals surface area contributed by atoms with Crippen molar-refractivity contribution in [3.05, 3.63) is 164 Å². The van der Waals surface area contributed by atoms with Gasteiger partial charge in [0, 0.05) is 40.5 Å². The van der Waals surface area contributed by atoms with Crippen LogP contribution in [0, 0.1) is 6.33 Å². The van der Waals surface area contributed by atoms with Crippen molar-refractivity contribution >= 4 is 68.3 Å². The number of nitrogens with zero attached hydrogens (tertiary/aromatic N) is 5. The average molecular weight is 693 g/mol. The van der Waals surface area contributed by atoms with Crippen LogP contribution in [-0.4, -0.2) is 22.2 Å². The molecule has 0 unspecified atom stereocenters. The van der Waals surface area contributed by atoms with Gasteiger partial charge in [-0.1, -0.05) is 104 Å². The van der Waals surface area contributed by atoms with E-state index in [0.717, 1.165) is 44.5 Å². The lowest BCUT2D eigenvalue weighted by atomic mass is 10.1. The monoisotopic (exact) mass is 692 g/mol. The molecule has 7 heteroatoms. The highest BCUT2D eigenvalue weighted by Gasteiger charge is 2.38. The maximum absolute atomic E-state index is 8.06. The molecule has 52 heavy (non-hydrogen) atoms. The van der Waals surface area contributed by atoms with E-state index in [0.29, 0.717) is 17.0 Å². The number of hydrogen-bond acceptors (Lipinski definition) is 3. The highest BCUT2D eigenvalue weighted by Crippen LogP contribution is 2.40. The minimum atomic E-state index is -2.37. The van der Waals surface area contributed by atoms with E-state index in [4.69, 9.17) is 13.8 Å². The van der Waals surface area contributed by atoms with Crippen molar-refractivity contribution in [2.75, 3.05) is 4.90 Å². The Labute approximate surface area is 307 Å². The molecule has 0 radical (unpaired) electrons. The van der Waals surface area contributed by atoms with E-state index in [1.54, 1.807) is 10.6 Å². The van der Waals surface area contributed by atoms with Crippen LogP contribution >= 0.6 is 0 Å². The molecule has 0 aliphatic carbocycles. The van der Waals surface area contributed by atoms with Gasteiger partial charge in [-0.2, -0.15) is 0 Å². The predicted octanol–water partition coefficient (Wildman–Crippen LogP) is 9.15. The highest BCUT2D eigenvalue weighted by molar-refractivity contribution is 7.02. The Morgan fingerprint density at radius 3 is 2.13 bits per heavy atom. The van der Waals surface area contributed by atoms with E-state index in [2.05, 4.69) is 126 Å². The van der Waals surface area contributed by atoms with Crippen molar-refractivity contribution in [1.82, 2.24) is 14.1 Å². The number of hydrogen-bond donors (Lipinski definition) is 0. The van der Waals surface area contributed by atoms with E-state index < -0.39 is 15.0 Å². The third-order valence-corrected chi connectivity index (χ3v) is 13.9. The van der Waals surface area contributed by atoms with Gasteiger partial charge in [0.25, 0.3) is 0 Å². The number of imidazole rings is 1. The van der Waals surface area contributed by atoms with Gasteiger partial charge >= 0.3 is 0 Å².